The van der Waals surface area contributed by atoms with E-state index in [-0.39, 0.29) is 41.4 Å². The molecule has 6 nitrogen and oxygen atoms in total. The molecule has 2 bridgehead atoms. The molecule has 2 aliphatic carbocycles. The number of imide groups is 1. The molecule has 5 atom stereocenters. The highest BCUT2D eigenvalue weighted by Gasteiger charge is 2.62. The van der Waals surface area contributed by atoms with E-state index in [0.717, 1.165) is 30.6 Å². The zero-order valence-corrected chi connectivity index (χ0v) is 18.2. The molecule has 32 heavy (non-hydrogen) atoms. The first-order valence-electron chi connectivity index (χ1n) is 11.5. The number of benzene rings is 2. The van der Waals surface area contributed by atoms with Gasteiger partial charge in [0.2, 0.25) is 17.7 Å². The summed E-state index contributed by atoms with van der Waals surface area (Å²) in [6.07, 6.45) is 3.30. The van der Waals surface area contributed by atoms with E-state index >= 15 is 0 Å². The summed E-state index contributed by atoms with van der Waals surface area (Å²) in [5.41, 5.74) is 1.52. The Bertz CT molecular complexity index is 992. The normalized spacial score (nSPS) is 26.8. The third-order valence-electron chi connectivity index (χ3n) is 7.28. The van der Waals surface area contributed by atoms with Crippen molar-refractivity contribution in [2.24, 2.45) is 23.7 Å². The molecule has 1 aliphatic heterocycles. The van der Waals surface area contributed by atoms with E-state index in [4.69, 9.17) is 4.74 Å². The van der Waals surface area contributed by atoms with Crippen molar-refractivity contribution in [2.75, 3.05) is 11.9 Å². The van der Waals surface area contributed by atoms with Crippen LogP contribution in [0.3, 0.4) is 0 Å². The standard InChI is InChI=1S/C26H28N2O4/c1-2-32-20-12-10-19(11-13-20)27-24(29)21(14-16-6-4-3-5-7-16)28-25(30)22-17-8-9-18(15-17)23(22)26(28)31/h3-7,10-13,17-18,21-23H,2,8-9,14-15H2,1H3,(H,27,29)/t17-,18-,21-,22+,23+/m0/s1. The van der Waals surface area contributed by atoms with Gasteiger partial charge >= 0.3 is 0 Å². The minimum Gasteiger partial charge on any atom is -0.494 e. The second-order valence-corrected chi connectivity index (χ2v) is 9.08. The number of amides is 3. The Morgan fingerprint density at radius 2 is 1.62 bits per heavy atom. The van der Waals surface area contributed by atoms with Gasteiger partial charge in [0.25, 0.3) is 0 Å². The summed E-state index contributed by atoms with van der Waals surface area (Å²) in [7, 11) is 0. The van der Waals surface area contributed by atoms with Gasteiger partial charge in [0.15, 0.2) is 0 Å². The van der Waals surface area contributed by atoms with Crippen molar-refractivity contribution in [3.05, 3.63) is 60.2 Å². The molecule has 1 N–H and O–H groups in total. The van der Waals surface area contributed by atoms with E-state index in [1.807, 2.05) is 37.3 Å². The lowest BCUT2D eigenvalue weighted by molar-refractivity contribution is -0.147. The van der Waals surface area contributed by atoms with Gasteiger partial charge in [0, 0.05) is 12.1 Å². The number of nitrogens with one attached hydrogen (secondary N) is 1. The average molecular weight is 433 g/mol. The van der Waals surface area contributed by atoms with Crippen molar-refractivity contribution in [3.63, 3.8) is 0 Å². The number of rotatable bonds is 7. The highest BCUT2D eigenvalue weighted by Crippen LogP contribution is 2.56. The van der Waals surface area contributed by atoms with E-state index in [0.29, 0.717) is 18.7 Å². The molecule has 2 aromatic rings. The largest absolute Gasteiger partial charge is 0.494 e. The lowest BCUT2D eigenvalue weighted by atomic mass is 9.81. The predicted molar refractivity (Wildman–Crippen MR) is 120 cm³/mol. The minimum absolute atomic E-state index is 0.157. The Labute approximate surface area is 187 Å². The van der Waals surface area contributed by atoms with Crippen molar-refractivity contribution in [3.8, 4) is 5.75 Å². The highest BCUT2D eigenvalue weighted by molar-refractivity contribution is 6.10. The van der Waals surface area contributed by atoms with Crippen molar-refractivity contribution in [1.29, 1.82) is 0 Å². The molecule has 1 saturated heterocycles. The lowest BCUT2D eigenvalue weighted by Gasteiger charge is -2.27. The molecule has 2 aromatic carbocycles. The molecule has 0 spiro atoms. The van der Waals surface area contributed by atoms with Crippen molar-refractivity contribution >= 4 is 23.4 Å². The minimum atomic E-state index is -0.867. The van der Waals surface area contributed by atoms with Crippen LogP contribution in [0, 0.1) is 23.7 Å². The summed E-state index contributed by atoms with van der Waals surface area (Å²) in [6.45, 7) is 2.48. The van der Waals surface area contributed by atoms with Crippen LogP contribution < -0.4 is 10.1 Å². The van der Waals surface area contributed by atoms with Crippen LogP contribution in [0.15, 0.2) is 54.6 Å². The van der Waals surface area contributed by atoms with Gasteiger partial charge in [-0.25, -0.2) is 0 Å². The molecule has 3 fully saturated rings. The van der Waals surface area contributed by atoms with Crippen LogP contribution in [0.1, 0.15) is 31.7 Å². The number of fused-ring (bicyclic) bond motifs is 5. The van der Waals surface area contributed by atoms with E-state index in [2.05, 4.69) is 5.32 Å². The first kappa shape index (κ1) is 20.7. The van der Waals surface area contributed by atoms with E-state index in [9.17, 15) is 14.4 Å². The predicted octanol–water partition coefficient (Wildman–Crippen LogP) is 3.67. The summed E-state index contributed by atoms with van der Waals surface area (Å²) in [4.78, 5) is 41.5. The Hall–Kier alpha value is -3.15. The third kappa shape index (κ3) is 3.57. The molecule has 0 radical (unpaired) electrons. The van der Waals surface area contributed by atoms with Gasteiger partial charge in [-0.15, -0.1) is 0 Å². The lowest BCUT2D eigenvalue weighted by Crippen LogP contribution is -2.49. The number of carbonyl (C=O) groups is 3. The molecule has 5 rings (SSSR count). The van der Waals surface area contributed by atoms with Gasteiger partial charge in [-0.1, -0.05) is 30.3 Å². The van der Waals surface area contributed by atoms with Gasteiger partial charge in [0.1, 0.15) is 11.8 Å². The molecular weight excluding hydrogens is 404 g/mol. The van der Waals surface area contributed by atoms with Gasteiger partial charge in [-0.05, 0) is 67.9 Å². The van der Waals surface area contributed by atoms with Crippen molar-refractivity contribution in [2.45, 2.75) is 38.6 Å². The van der Waals surface area contributed by atoms with Crippen LogP contribution in [-0.4, -0.2) is 35.3 Å². The topological polar surface area (TPSA) is 75.7 Å². The first-order valence-corrected chi connectivity index (χ1v) is 11.5. The molecule has 0 unspecified atom stereocenters. The number of hydrogen-bond donors (Lipinski definition) is 1. The maximum Gasteiger partial charge on any atom is 0.248 e. The number of anilines is 1. The van der Waals surface area contributed by atoms with E-state index < -0.39 is 6.04 Å². The zero-order valence-electron chi connectivity index (χ0n) is 18.2. The van der Waals surface area contributed by atoms with Gasteiger partial charge in [0.05, 0.1) is 18.4 Å². The van der Waals surface area contributed by atoms with Gasteiger partial charge < -0.3 is 10.1 Å². The number of ether oxygens (including phenoxy) is 1. The summed E-state index contributed by atoms with van der Waals surface area (Å²) >= 11 is 0. The number of carbonyl (C=O) groups excluding carboxylic acids is 3. The van der Waals surface area contributed by atoms with Crippen molar-refractivity contribution < 1.29 is 19.1 Å². The number of hydrogen-bond acceptors (Lipinski definition) is 4. The van der Waals surface area contributed by atoms with Gasteiger partial charge in [-0.2, -0.15) is 0 Å². The fourth-order valence-electron chi connectivity index (χ4n) is 5.90. The van der Waals surface area contributed by atoms with Crippen LogP contribution >= 0.6 is 0 Å². The highest BCUT2D eigenvalue weighted by atomic mass is 16.5. The van der Waals surface area contributed by atoms with Crippen LogP contribution in [0.25, 0.3) is 0 Å². The molecule has 1 heterocycles. The van der Waals surface area contributed by atoms with Crippen molar-refractivity contribution in [1.82, 2.24) is 4.90 Å². The number of likely N-dealkylation sites (tertiary alicyclic amines) is 1. The maximum absolute atomic E-state index is 13.4. The second kappa shape index (κ2) is 8.41. The first-order chi connectivity index (χ1) is 15.6. The van der Waals surface area contributed by atoms with Crippen LogP contribution in [-0.2, 0) is 20.8 Å². The van der Waals surface area contributed by atoms with Crippen LogP contribution in [0.2, 0.25) is 0 Å². The summed E-state index contributed by atoms with van der Waals surface area (Å²) < 4.78 is 5.46. The van der Waals surface area contributed by atoms with Gasteiger partial charge in [-0.3, -0.25) is 19.3 Å². The fraction of sp³-hybridized carbons (Fsp3) is 0.423. The molecule has 3 amide bonds. The Morgan fingerprint density at radius 3 is 2.22 bits per heavy atom. The fourth-order valence-corrected chi connectivity index (χ4v) is 5.90. The Balaban J connectivity index is 1.41. The number of nitrogens with zero attached hydrogens (tertiary/aromatic N) is 1. The second-order valence-electron chi connectivity index (χ2n) is 9.08. The molecular formula is C26H28N2O4. The molecule has 3 aliphatic rings. The average Bonchev–Trinajstić information content (AvgIpc) is 3.48. The smallest absolute Gasteiger partial charge is 0.248 e. The van der Waals surface area contributed by atoms with E-state index in [1.54, 1.807) is 24.3 Å². The Morgan fingerprint density at radius 1 is 1.00 bits per heavy atom. The summed E-state index contributed by atoms with van der Waals surface area (Å²) in [6, 6.07) is 15.8. The summed E-state index contributed by atoms with van der Waals surface area (Å²) in [5.74, 6) is 0.170. The summed E-state index contributed by atoms with van der Waals surface area (Å²) in [5, 5.41) is 2.91. The Kier molecular flexibility index (Phi) is 5.45. The maximum atomic E-state index is 13.4. The molecule has 166 valence electrons. The van der Waals surface area contributed by atoms with Crippen LogP contribution in [0.4, 0.5) is 5.69 Å². The van der Waals surface area contributed by atoms with E-state index in [1.165, 1.54) is 4.90 Å². The monoisotopic (exact) mass is 432 g/mol. The quantitative estimate of drug-likeness (QED) is 0.678. The van der Waals surface area contributed by atoms with Crippen LogP contribution in [0.5, 0.6) is 5.75 Å². The zero-order chi connectivity index (χ0) is 22.2. The molecule has 6 heteroatoms. The molecule has 0 aromatic heterocycles. The molecule has 2 saturated carbocycles. The third-order valence-corrected chi connectivity index (χ3v) is 7.28. The SMILES string of the molecule is CCOc1ccc(NC(=O)[C@H](Cc2ccccc2)N2C(=O)[C@@H]3[C@H]4CC[C@@H](C4)[C@H]3C2=O)cc1.